The molecule has 0 spiro atoms. The van der Waals surface area contributed by atoms with Crippen molar-refractivity contribution >= 4 is 0 Å². The summed E-state index contributed by atoms with van der Waals surface area (Å²) in [4.78, 5) is 0. The molecular formula is C12H15N3O2. The van der Waals surface area contributed by atoms with Gasteiger partial charge in [0.05, 0.1) is 6.04 Å². The maximum Gasteiger partial charge on any atom is 0.248 e. The van der Waals surface area contributed by atoms with Crippen LogP contribution >= 0.6 is 0 Å². The van der Waals surface area contributed by atoms with Gasteiger partial charge < -0.3 is 14.8 Å². The van der Waals surface area contributed by atoms with Gasteiger partial charge in [0.1, 0.15) is 5.75 Å². The van der Waals surface area contributed by atoms with Gasteiger partial charge in [0, 0.05) is 11.1 Å². The molecule has 2 N–H and O–H groups in total. The van der Waals surface area contributed by atoms with E-state index in [2.05, 4.69) is 15.5 Å². The first-order valence-electron chi connectivity index (χ1n) is 5.43. The summed E-state index contributed by atoms with van der Waals surface area (Å²) in [7, 11) is 1.83. The van der Waals surface area contributed by atoms with Gasteiger partial charge in [-0.2, -0.15) is 0 Å². The van der Waals surface area contributed by atoms with E-state index in [1.807, 2.05) is 27.0 Å². The third kappa shape index (κ3) is 2.14. The highest BCUT2D eigenvalue weighted by Gasteiger charge is 2.15. The van der Waals surface area contributed by atoms with Crippen LogP contribution in [0.3, 0.4) is 0 Å². The second kappa shape index (κ2) is 4.55. The Labute approximate surface area is 99.5 Å². The van der Waals surface area contributed by atoms with Crippen molar-refractivity contribution in [2.24, 2.45) is 0 Å². The van der Waals surface area contributed by atoms with Crippen molar-refractivity contribution in [1.29, 1.82) is 0 Å². The molecule has 90 valence electrons. The monoisotopic (exact) mass is 233 g/mol. The molecule has 0 aliphatic carbocycles. The third-order valence-corrected chi connectivity index (χ3v) is 2.78. The molecule has 0 amide bonds. The molecule has 0 saturated carbocycles. The molecule has 1 unspecified atom stereocenters. The van der Waals surface area contributed by atoms with Crippen molar-refractivity contribution in [1.82, 2.24) is 15.5 Å². The first-order chi connectivity index (χ1) is 8.13. The van der Waals surface area contributed by atoms with Crippen molar-refractivity contribution in [2.45, 2.75) is 19.9 Å². The van der Waals surface area contributed by atoms with Gasteiger partial charge in [-0.3, -0.25) is 0 Å². The second-order valence-corrected chi connectivity index (χ2v) is 3.91. The lowest BCUT2D eigenvalue weighted by Crippen LogP contribution is -2.12. The van der Waals surface area contributed by atoms with E-state index < -0.39 is 0 Å². The number of nitrogens with one attached hydrogen (secondary N) is 1. The molecule has 5 heteroatoms. The van der Waals surface area contributed by atoms with Crippen LogP contribution < -0.4 is 5.32 Å². The van der Waals surface area contributed by atoms with Crippen molar-refractivity contribution < 1.29 is 9.52 Å². The number of benzene rings is 1. The topological polar surface area (TPSA) is 71.2 Å². The number of hydrogen-bond donors (Lipinski definition) is 2. The van der Waals surface area contributed by atoms with E-state index >= 15 is 0 Å². The van der Waals surface area contributed by atoms with E-state index in [9.17, 15) is 5.11 Å². The minimum Gasteiger partial charge on any atom is -0.508 e. The predicted octanol–water partition coefficient (Wildman–Crippen LogP) is 2.03. The van der Waals surface area contributed by atoms with Gasteiger partial charge >= 0.3 is 0 Å². The quantitative estimate of drug-likeness (QED) is 0.848. The van der Waals surface area contributed by atoms with Gasteiger partial charge in [-0.15, -0.1) is 10.2 Å². The summed E-state index contributed by atoms with van der Waals surface area (Å²) in [6.07, 6.45) is 0. The Morgan fingerprint density at radius 3 is 2.82 bits per heavy atom. The van der Waals surface area contributed by atoms with Crippen molar-refractivity contribution in [3.63, 3.8) is 0 Å². The molecule has 0 fully saturated rings. The summed E-state index contributed by atoms with van der Waals surface area (Å²) in [5.41, 5.74) is 1.49. The van der Waals surface area contributed by atoms with Gasteiger partial charge in [-0.25, -0.2) is 0 Å². The number of phenols is 1. The summed E-state index contributed by atoms with van der Waals surface area (Å²) in [6, 6.07) is 5.24. The predicted molar refractivity (Wildman–Crippen MR) is 63.6 cm³/mol. The third-order valence-electron chi connectivity index (χ3n) is 2.78. The van der Waals surface area contributed by atoms with Gasteiger partial charge in [0.2, 0.25) is 11.8 Å². The summed E-state index contributed by atoms with van der Waals surface area (Å²) >= 11 is 0. The Bertz CT molecular complexity index is 522. The van der Waals surface area contributed by atoms with E-state index in [1.54, 1.807) is 12.1 Å². The number of aromatic hydroxyl groups is 1. The van der Waals surface area contributed by atoms with Crippen LogP contribution in [-0.2, 0) is 0 Å². The highest BCUT2D eigenvalue weighted by molar-refractivity contribution is 5.61. The van der Waals surface area contributed by atoms with Crippen molar-refractivity contribution in [3.8, 4) is 17.2 Å². The molecule has 0 saturated heterocycles. The fourth-order valence-corrected chi connectivity index (χ4v) is 1.50. The van der Waals surface area contributed by atoms with E-state index in [-0.39, 0.29) is 11.8 Å². The van der Waals surface area contributed by atoms with Crippen molar-refractivity contribution in [3.05, 3.63) is 29.7 Å². The molecule has 17 heavy (non-hydrogen) atoms. The van der Waals surface area contributed by atoms with Crippen LogP contribution in [0.4, 0.5) is 0 Å². The van der Waals surface area contributed by atoms with E-state index in [1.165, 1.54) is 0 Å². The molecule has 0 aliphatic heterocycles. The van der Waals surface area contributed by atoms with Gasteiger partial charge in [0.15, 0.2) is 0 Å². The maximum absolute atomic E-state index is 9.62. The van der Waals surface area contributed by atoms with Crippen LogP contribution in [0.2, 0.25) is 0 Å². The molecular weight excluding hydrogens is 218 g/mol. The number of rotatable bonds is 3. The molecule has 1 heterocycles. The maximum atomic E-state index is 9.62. The molecule has 1 aromatic carbocycles. The summed E-state index contributed by atoms with van der Waals surface area (Å²) in [5, 5.41) is 20.6. The normalized spacial score (nSPS) is 12.6. The first kappa shape index (κ1) is 11.6. The van der Waals surface area contributed by atoms with E-state index in [0.29, 0.717) is 11.8 Å². The minimum atomic E-state index is 0.00821. The molecule has 2 aromatic rings. The summed E-state index contributed by atoms with van der Waals surface area (Å²) in [6.45, 7) is 3.75. The zero-order valence-corrected chi connectivity index (χ0v) is 10.1. The van der Waals surface area contributed by atoms with Gasteiger partial charge in [0.25, 0.3) is 0 Å². The lowest BCUT2D eigenvalue weighted by Gasteiger charge is -2.04. The molecule has 0 radical (unpaired) electrons. The van der Waals surface area contributed by atoms with Crippen LogP contribution in [0.15, 0.2) is 22.6 Å². The van der Waals surface area contributed by atoms with Gasteiger partial charge in [-0.05, 0) is 33.0 Å². The van der Waals surface area contributed by atoms with Crippen LogP contribution in [-0.4, -0.2) is 22.4 Å². The summed E-state index contributed by atoms with van der Waals surface area (Å²) < 4.78 is 5.56. The Morgan fingerprint density at radius 2 is 2.12 bits per heavy atom. The van der Waals surface area contributed by atoms with Gasteiger partial charge in [-0.1, -0.05) is 6.07 Å². The lowest BCUT2D eigenvalue weighted by molar-refractivity contribution is 0.440. The summed E-state index contributed by atoms with van der Waals surface area (Å²) in [5.74, 6) is 1.18. The molecule has 5 nitrogen and oxygen atoms in total. The smallest absolute Gasteiger partial charge is 0.248 e. The largest absolute Gasteiger partial charge is 0.508 e. The van der Waals surface area contributed by atoms with Crippen molar-refractivity contribution in [2.75, 3.05) is 7.05 Å². The fourth-order valence-electron chi connectivity index (χ4n) is 1.50. The average molecular weight is 233 g/mol. The average Bonchev–Trinajstić information content (AvgIpc) is 2.81. The van der Waals surface area contributed by atoms with Crippen LogP contribution in [0.25, 0.3) is 11.5 Å². The number of hydrogen-bond acceptors (Lipinski definition) is 5. The second-order valence-electron chi connectivity index (χ2n) is 3.91. The lowest BCUT2D eigenvalue weighted by atomic mass is 10.1. The van der Waals surface area contributed by atoms with E-state index in [4.69, 9.17) is 4.42 Å². The van der Waals surface area contributed by atoms with Crippen LogP contribution in [0, 0.1) is 6.92 Å². The molecule has 1 atom stereocenters. The van der Waals surface area contributed by atoms with E-state index in [0.717, 1.165) is 11.1 Å². The zero-order chi connectivity index (χ0) is 12.4. The molecule has 2 rings (SSSR count). The Kier molecular flexibility index (Phi) is 3.10. The van der Waals surface area contributed by atoms with Crippen LogP contribution in [0.1, 0.15) is 24.4 Å². The zero-order valence-electron chi connectivity index (χ0n) is 10.1. The SMILES string of the molecule is CNC(C)c1nnc(-c2cccc(O)c2C)o1. The Morgan fingerprint density at radius 1 is 1.35 bits per heavy atom. The van der Waals surface area contributed by atoms with Crippen LogP contribution in [0.5, 0.6) is 5.75 Å². The number of phenolic OH excluding ortho intramolecular Hbond substituents is 1. The fraction of sp³-hybridized carbons (Fsp3) is 0.333. The number of aromatic nitrogens is 2. The Balaban J connectivity index is 2.40. The molecule has 1 aromatic heterocycles. The Hall–Kier alpha value is -1.88. The molecule has 0 bridgehead atoms. The highest BCUT2D eigenvalue weighted by atomic mass is 16.4. The first-order valence-corrected chi connectivity index (χ1v) is 5.43. The molecule has 0 aliphatic rings. The standard InChI is InChI=1S/C12H15N3O2/c1-7-9(5-4-6-10(7)16)12-15-14-11(17-12)8(2)13-3/h4-6,8,13,16H,1-3H3. The highest BCUT2D eigenvalue weighted by Crippen LogP contribution is 2.28. The minimum absolute atomic E-state index is 0.00821. The number of nitrogens with zero attached hydrogens (tertiary/aromatic N) is 2.